The molecule has 1 aliphatic heterocycles. The number of aromatic nitrogens is 6. The van der Waals surface area contributed by atoms with Crippen LogP contribution < -0.4 is 4.90 Å². The van der Waals surface area contributed by atoms with Gasteiger partial charge in [-0.25, -0.2) is 14.4 Å². The molecule has 0 atom stereocenters. The van der Waals surface area contributed by atoms with Gasteiger partial charge in [-0.2, -0.15) is 10.2 Å². The van der Waals surface area contributed by atoms with Crippen molar-refractivity contribution in [1.29, 1.82) is 0 Å². The first-order chi connectivity index (χ1) is 13.7. The summed E-state index contributed by atoms with van der Waals surface area (Å²) in [6.07, 6.45) is 4.72. The Morgan fingerprint density at radius 2 is 2.00 bits per heavy atom. The average Bonchev–Trinajstić information content (AvgIpc) is 3.37. The first kappa shape index (κ1) is 17.0. The van der Waals surface area contributed by atoms with Gasteiger partial charge in [0.05, 0.1) is 17.4 Å². The van der Waals surface area contributed by atoms with Crippen molar-refractivity contribution in [3.8, 4) is 22.5 Å². The Morgan fingerprint density at radius 1 is 1.14 bits per heavy atom. The van der Waals surface area contributed by atoms with Gasteiger partial charge < -0.3 is 4.90 Å². The molecule has 1 saturated heterocycles. The zero-order valence-electron chi connectivity index (χ0n) is 14.7. The number of hydrogen-bond acceptors (Lipinski definition) is 6. The Bertz CT molecular complexity index is 1160. The Morgan fingerprint density at radius 3 is 2.79 bits per heavy atom. The number of halogens is 1. The summed E-state index contributed by atoms with van der Waals surface area (Å²) in [5, 5.41) is 14.6. The number of fused-ring (bicyclic) bond motifs is 1. The summed E-state index contributed by atoms with van der Waals surface area (Å²) in [4.78, 5) is 10.8. The van der Waals surface area contributed by atoms with Crippen LogP contribution >= 0.6 is 0 Å². The van der Waals surface area contributed by atoms with Crippen LogP contribution in [0.25, 0.3) is 33.4 Å². The molecular formula is C18H16FN7OS. The van der Waals surface area contributed by atoms with E-state index in [2.05, 4.69) is 35.3 Å². The molecule has 0 aliphatic carbocycles. The summed E-state index contributed by atoms with van der Waals surface area (Å²) >= 11 is 0. The zero-order chi connectivity index (χ0) is 19.1. The first-order valence-corrected chi connectivity index (χ1v) is 10.3. The molecule has 8 nitrogen and oxygen atoms in total. The van der Waals surface area contributed by atoms with E-state index in [1.54, 1.807) is 18.5 Å². The fourth-order valence-electron chi connectivity index (χ4n) is 3.37. The van der Waals surface area contributed by atoms with Gasteiger partial charge in [0.1, 0.15) is 23.7 Å². The second kappa shape index (κ2) is 6.79. The third-order valence-corrected chi connectivity index (χ3v) is 6.13. The second-order valence-electron chi connectivity index (χ2n) is 6.53. The molecule has 0 radical (unpaired) electrons. The summed E-state index contributed by atoms with van der Waals surface area (Å²) < 4.78 is 26.1. The van der Waals surface area contributed by atoms with E-state index in [4.69, 9.17) is 0 Å². The van der Waals surface area contributed by atoms with Crippen LogP contribution in [-0.4, -0.2) is 59.2 Å². The van der Waals surface area contributed by atoms with Gasteiger partial charge in [-0.15, -0.1) is 0 Å². The monoisotopic (exact) mass is 397 g/mol. The Balaban J connectivity index is 1.57. The highest BCUT2D eigenvalue weighted by Crippen LogP contribution is 2.32. The molecule has 0 saturated carbocycles. The predicted octanol–water partition coefficient (Wildman–Crippen LogP) is 2.12. The molecule has 28 heavy (non-hydrogen) atoms. The van der Waals surface area contributed by atoms with E-state index in [0.29, 0.717) is 52.6 Å². The molecular weight excluding hydrogens is 381 g/mol. The lowest BCUT2D eigenvalue weighted by molar-refractivity contribution is 0.633. The SMILES string of the molecule is O=S1CCN(c2cc(-c3n[nH]c4cc(F)c(-c5cn[nH]c5)cc34)ncn2)CC1. The third-order valence-electron chi connectivity index (χ3n) is 4.86. The third kappa shape index (κ3) is 2.95. The average molecular weight is 397 g/mol. The minimum absolute atomic E-state index is 0.353. The normalized spacial score (nSPS) is 15.4. The molecule has 1 fully saturated rings. The van der Waals surface area contributed by atoms with Gasteiger partial charge in [0.2, 0.25) is 0 Å². The fraction of sp³-hybridized carbons (Fsp3) is 0.222. The van der Waals surface area contributed by atoms with Crippen molar-refractivity contribution in [3.05, 3.63) is 42.7 Å². The number of hydrogen-bond donors (Lipinski definition) is 2. The van der Waals surface area contributed by atoms with Gasteiger partial charge in [-0.05, 0) is 6.07 Å². The highest BCUT2D eigenvalue weighted by molar-refractivity contribution is 7.85. The van der Waals surface area contributed by atoms with Crippen molar-refractivity contribution < 1.29 is 8.60 Å². The van der Waals surface area contributed by atoms with Crippen molar-refractivity contribution in [2.45, 2.75) is 0 Å². The van der Waals surface area contributed by atoms with E-state index in [0.717, 1.165) is 11.2 Å². The molecule has 0 amide bonds. The molecule has 0 unspecified atom stereocenters. The molecule has 3 aromatic heterocycles. The van der Waals surface area contributed by atoms with Crippen molar-refractivity contribution in [1.82, 2.24) is 30.4 Å². The summed E-state index contributed by atoms with van der Waals surface area (Å²) in [5.41, 5.74) is 2.97. The topological polar surface area (TPSA) is 103 Å². The second-order valence-corrected chi connectivity index (χ2v) is 8.23. The largest absolute Gasteiger partial charge is 0.355 e. The standard InChI is InChI=1S/C18H16FN7OS/c19-14-6-15-13(5-12(14)11-8-22-23-9-11)18(25-24-15)16-7-17(21-10-20-16)26-1-3-28(27)4-2-26/h5-10H,1-4H2,(H,22,23)(H,24,25). The quantitative estimate of drug-likeness (QED) is 0.549. The van der Waals surface area contributed by atoms with Crippen LogP contribution in [0.15, 0.2) is 36.9 Å². The number of aromatic amines is 2. The predicted molar refractivity (Wildman–Crippen MR) is 105 cm³/mol. The summed E-state index contributed by atoms with van der Waals surface area (Å²) in [6, 6.07) is 5.04. The van der Waals surface area contributed by atoms with E-state index in [1.165, 1.54) is 12.4 Å². The molecule has 5 rings (SSSR count). The molecule has 2 N–H and O–H groups in total. The minimum Gasteiger partial charge on any atom is -0.355 e. The molecule has 1 aliphatic rings. The number of nitrogens with zero attached hydrogens (tertiary/aromatic N) is 5. The number of benzene rings is 1. The Kier molecular flexibility index (Phi) is 4.12. The van der Waals surface area contributed by atoms with Gasteiger partial charge in [-0.3, -0.25) is 14.4 Å². The van der Waals surface area contributed by atoms with Crippen molar-refractivity contribution in [2.24, 2.45) is 0 Å². The number of nitrogens with one attached hydrogen (secondary N) is 2. The highest BCUT2D eigenvalue weighted by atomic mass is 32.2. The lowest BCUT2D eigenvalue weighted by Crippen LogP contribution is -2.38. The van der Waals surface area contributed by atoms with E-state index in [-0.39, 0.29) is 5.82 Å². The summed E-state index contributed by atoms with van der Waals surface area (Å²) in [6.45, 7) is 1.39. The lowest BCUT2D eigenvalue weighted by Gasteiger charge is -2.27. The van der Waals surface area contributed by atoms with Crippen LogP contribution in [0.3, 0.4) is 0 Å². The van der Waals surface area contributed by atoms with Crippen LogP contribution in [0.2, 0.25) is 0 Å². The van der Waals surface area contributed by atoms with E-state index in [9.17, 15) is 8.60 Å². The molecule has 10 heteroatoms. The van der Waals surface area contributed by atoms with E-state index >= 15 is 0 Å². The number of H-pyrrole nitrogens is 2. The number of anilines is 1. The maximum Gasteiger partial charge on any atom is 0.133 e. The Hall–Kier alpha value is -3.14. The van der Waals surface area contributed by atoms with E-state index in [1.807, 2.05) is 6.07 Å². The van der Waals surface area contributed by atoms with E-state index < -0.39 is 10.8 Å². The molecule has 142 valence electrons. The number of rotatable bonds is 3. The van der Waals surface area contributed by atoms with Crippen LogP contribution in [-0.2, 0) is 10.8 Å². The van der Waals surface area contributed by atoms with Crippen LogP contribution in [0, 0.1) is 5.82 Å². The molecule has 4 aromatic rings. The minimum atomic E-state index is -0.753. The van der Waals surface area contributed by atoms with Crippen LogP contribution in [0.5, 0.6) is 0 Å². The maximum atomic E-state index is 14.5. The first-order valence-electron chi connectivity index (χ1n) is 8.78. The molecule has 4 heterocycles. The van der Waals surface area contributed by atoms with Crippen molar-refractivity contribution in [2.75, 3.05) is 29.5 Å². The van der Waals surface area contributed by atoms with Crippen LogP contribution in [0.4, 0.5) is 10.2 Å². The fourth-order valence-corrected chi connectivity index (χ4v) is 4.42. The highest BCUT2D eigenvalue weighted by Gasteiger charge is 2.19. The van der Waals surface area contributed by atoms with Crippen molar-refractivity contribution >= 4 is 27.5 Å². The van der Waals surface area contributed by atoms with Crippen LogP contribution in [0.1, 0.15) is 0 Å². The molecule has 0 spiro atoms. The van der Waals surface area contributed by atoms with Gasteiger partial charge in [0, 0.05) is 70.2 Å². The van der Waals surface area contributed by atoms with Gasteiger partial charge in [0.15, 0.2) is 0 Å². The van der Waals surface area contributed by atoms with Gasteiger partial charge in [-0.1, -0.05) is 0 Å². The molecule has 1 aromatic carbocycles. The maximum absolute atomic E-state index is 14.5. The van der Waals surface area contributed by atoms with Gasteiger partial charge >= 0.3 is 0 Å². The lowest BCUT2D eigenvalue weighted by atomic mass is 10.0. The Labute approximate surface area is 161 Å². The summed E-state index contributed by atoms with van der Waals surface area (Å²) in [5.74, 6) is 1.69. The molecule has 0 bridgehead atoms. The zero-order valence-corrected chi connectivity index (χ0v) is 15.5. The smallest absolute Gasteiger partial charge is 0.133 e. The summed E-state index contributed by atoms with van der Waals surface area (Å²) in [7, 11) is -0.753. The van der Waals surface area contributed by atoms with Crippen molar-refractivity contribution in [3.63, 3.8) is 0 Å². The van der Waals surface area contributed by atoms with Gasteiger partial charge in [0.25, 0.3) is 0 Å².